The van der Waals surface area contributed by atoms with Gasteiger partial charge in [-0.05, 0) is 49.2 Å². The number of esters is 1. The van der Waals surface area contributed by atoms with Crippen LogP contribution >= 0.6 is 0 Å². The smallest absolute Gasteiger partial charge is 0.419 e. The Morgan fingerprint density at radius 2 is 1.97 bits per heavy atom. The highest BCUT2D eigenvalue weighted by atomic mass is 19.1. The van der Waals surface area contributed by atoms with E-state index in [0.717, 1.165) is 10.9 Å². The summed E-state index contributed by atoms with van der Waals surface area (Å²) in [6, 6.07) is 13.1. The number of nitrogens with zero attached hydrogens (tertiary/aromatic N) is 1. The maximum absolute atomic E-state index is 13.6. The van der Waals surface area contributed by atoms with Crippen molar-refractivity contribution in [3.8, 4) is 5.75 Å². The molecule has 6 nitrogen and oxygen atoms in total. The number of aromatic nitrogens is 1. The number of rotatable bonds is 3. The number of hydrogen-bond acceptors (Lipinski definition) is 4. The first-order valence-electron chi connectivity index (χ1n) is 9.29. The van der Waals surface area contributed by atoms with Crippen LogP contribution in [0, 0.1) is 5.82 Å². The number of nitrogens with one attached hydrogen (secondary N) is 1. The van der Waals surface area contributed by atoms with Gasteiger partial charge in [-0.3, -0.25) is 4.90 Å². The van der Waals surface area contributed by atoms with Crippen LogP contribution in [0.1, 0.15) is 18.2 Å². The van der Waals surface area contributed by atoms with E-state index in [0.29, 0.717) is 29.9 Å². The van der Waals surface area contributed by atoms with Crippen LogP contribution in [0.15, 0.2) is 54.7 Å². The predicted molar refractivity (Wildman–Crippen MR) is 106 cm³/mol. The van der Waals surface area contributed by atoms with Crippen LogP contribution in [0.25, 0.3) is 16.5 Å². The van der Waals surface area contributed by atoms with Gasteiger partial charge < -0.3 is 14.5 Å². The van der Waals surface area contributed by atoms with Crippen molar-refractivity contribution in [2.24, 2.45) is 0 Å². The Morgan fingerprint density at radius 1 is 1.17 bits per heavy atom. The molecule has 0 aliphatic carbocycles. The van der Waals surface area contributed by atoms with Gasteiger partial charge in [0.1, 0.15) is 11.6 Å². The first-order valence-corrected chi connectivity index (χ1v) is 9.29. The summed E-state index contributed by atoms with van der Waals surface area (Å²) in [5, 5.41) is 0.801. The molecule has 148 valence electrons. The average Bonchev–Trinajstić information content (AvgIpc) is 2.94. The average molecular weight is 394 g/mol. The summed E-state index contributed by atoms with van der Waals surface area (Å²) in [6.07, 6.45) is 1.30. The second kappa shape index (κ2) is 7.79. The van der Waals surface area contributed by atoms with Crippen molar-refractivity contribution >= 4 is 28.5 Å². The fourth-order valence-corrected chi connectivity index (χ4v) is 3.39. The first-order chi connectivity index (χ1) is 14.1. The molecule has 0 spiro atoms. The molecular weight excluding hydrogens is 375 g/mol. The molecule has 0 saturated heterocycles. The fraction of sp³-hybridized carbons (Fsp3) is 0.182. The molecule has 0 fully saturated rings. The van der Waals surface area contributed by atoms with Crippen molar-refractivity contribution in [1.82, 2.24) is 9.88 Å². The topological polar surface area (TPSA) is 71.6 Å². The van der Waals surface area contributed by atoms with E-state index in [4.69, 9.17) is 9.47 Å². The summed E-state index contributed by atoms with van der Waals surface area (Å²) < 4.78 is 24.2. The highest BCUT2D eigenvalue weighted by Gasteiger charge is 2.28. The van der Waals surface area contributed by atoms with Crippen molar-refractivity contribution in [2.45, 2.75) is 13.3 Å². The fourth-order valence-electron chi connectivity index (χ4n) is 3.39. The van der Waals surface area contributed by atoms with Crippen LogP contribution in [0.4, 0.5) is 9.18 Å². The van der Waals surface area contributed by atoms with Gasteiger partial charge in [-0.1, -0.05) is 18.2 Å². The quantitative estimate of drug-likeness (QED) is 0.674. The summed E-state index contributed by atoms with van der Waals surface area (Å²) in [7, 11) is 0. The Labute approximate surface area is 166 Å². The molecule has 0 unspecified atom stereocenters. The summed E-state index contributed by atoms with van der Waals surface area (Å²) in [5.41, 5.74) is 2.14. The summed E-state index contributed by atoms with van der Waals surface area (Å²) in [6.45, 7) is 2.19. The van der Waals surface area contributed by atoms with Crippen molar-refractivity contribution in [3.05, 3.63) is 71.8 Å². The molecule has 4 rings (SSSR count). The van der Waals surface area contributed by atoms with Crippen LogP contribution in [0.3, 0.4) is 0 Å². The molecule has 0 bridgehead atoms. The van der Waals surface area contributed by atoms with Crippen molar-refractivity contribution in [3.63, 3.8) is 0 Å². The minimum atomic E-state index is -0.599. The molecule has 1 aliphatic rings. The van der Waals surface area contributed by atoms with Crippen molar-refractivity contribution in [2.75, 3.05) is 13.2 Å². The highest BCUT2D eigenvalue weighted by molar-refractivity contribution is 6.18. The van der Waals surface area contributed by atoms with Crippen molar-refractivity contribution < 1.29 is 23.5 Å². The zero-order valence-corrected chi connectivity index (χ0v) is 15.8. The van der Waals surface area contributed by atoms with Crippen LogP contribution in [0.5, 0.6) is 5.75 Å². The van der Waals surface area contributed by atoms with Crippen LogP contribution in [-0.2, 0) is 16.0 Å². The number of para-hydroxylation sites is 1. The predicted octanol–water partition coefficient (Wildman–Crippen LogP) is 4.27. The number of H-pyrrole nitrogens is 1. The van der Waals surface area contributed by atoms with Gasteiger partial charge in [0.2, 0.25) is 0 Å². The normalized spacial score (nSPS) is 13.4. The maximum Gasteiger partial charge on any atom is 0.419 e. The van der Waals surface area contributed by atoms with E-state index in [9.17, 15) is 14.0 Å². The third kappa shape index (κ3) is 3.71. The molecule has 1 aromatic heterocycles. The number of aromatic amines is 1. The number of carbonyl (C=O) groups excluding carboxylic acids is 2. The van der Waals surface area contributed by atoms with E-state index in [2.05, 4.69) is 4.98 Å². The number of ether oxygens (including phenoxy) is 2. The summed E-state index contributed by atoms with van der Waals surface area (Å²) in [5.74, 6) is -0.531. The molecule has 29 heavy (non-hydrogen) atoms. The number of amides is 1. The Kier molecular flexibility index (Phi) is 5.03. The first kappa shape index (κ1) is 18.7. The number of halogens is 1. The highest BCUT2D eigenvalue weighted by Crippen LogP contribution is 2.32. The third-order valence-corrected chi connectivity index (χ3v) is 4.70. The van der Waals surface area contributed by atoms with Crippen molar-refractivity contribution in [1.29, 1.82) is 0 Å². The Balaban J connectivity index is 1.73. The molecule has 0 radical (unpaired) electrons. The minimum Gasteiger partial charge on any atom is -0.462 e. The van der Waals surface area contributed by atoms with Gasteiger partial charge in [-0.15, -0.1) is 0 Å². The second-order valence-electron chi connectivity index (χ2n) is 6.56. The van der Waals surface area contributed by atoms with Crippen LogP contribution < -0.4 is 4.74 Å². The van der Waals surface area contributed by atoms with Gasteiger partial charge in [-0.25, -0.2) is 14.0 Å². The Hall–Kier alpha value is -3.61. The minimum absolute atomic E-state index is 0.189. The molecule has 1 amide bonds. The maximum atomic E-state index is 13.6. The molecule has 0 atom stereocenters. The van der Waals surface area contributed by atoms with E-state index in [1.54, 1.807) is 37.3 Å². The van der Waals surface area contributed by atoms with E-state index in [1.165, 1.54) is 23.2 Å². The van der Waals surface area contributed by atoms with Gasteiger partial charge in [0.25, 0.3) is 0 Å². The molecule has 2 aromatic carbocycles. The van der Waals surface area contributed by atoms with E-state index >= 15 is 0 Å². The molecule has 1 N–H and O–H groups in total. The third-order valence-electron chi connectivity index (χ3n) is 4.70. The lowest BCUT2D eigenvalue weighted by molar-refractivity contribution is -0.136. The monoisotopic (exact) mass is 394 g/mol. The Bertz CT molecular complexity index is 1100. The molecule has 7 heteroatoms. The summed E-state index contributed by atoms with van der Waals surface area (Å²) >= 11 is 0. The molecule has 1 aliphatic heterocycles. The lowest BCUT2D eigenvalue weighted by Gasteiger charge is -2.17. The molecular formula is C22H19FN2O4. The lowest BCUT2D eigenvalue weighted by atomic mass is 10.0. The number of fused-ring (bicyclic) bond motifs is 3. The zero-order chi connectivity index (χ0) is 20.4. The van der Waals surface area contributed by atoms with Gasteiger partial charge in [0.15, 0.2) is 0 Å². The number of hydrogen-bond donors (Lipinski definition) is 1. The number of benzene rings is 2. The van der Waals surface area contributed by atoms with Gasteiger partial charge in [0, 0.05) is 23.6 Å². The number of carbonyl (C=O) groups is 2. The lowest BCUT2D eigenvalue weighted by Crippen LogP contribution is -2.30. The van der Waals surface area contributed by atoms with Gasteiger partial charge in [-0.2, -0.15) is 0 Å². The van der Waals surface area contributed by atoms with Crippen LogP contribution in [-0.4, -0.2) is 35.1 Å². The van der Waals surface area contributed by atoms with E-state index in [-0.39, 0.29) is 18.0 Å². The van der Waals surface area contributed by atoms with Crippen LogP contribution in [0.2, 0.25) is 0 Å². The zero-order valence-electron chi connectivity index (χ0n) is 15.8. The standard InChI is InChI=1S/C22H19FN2O4/c1-2-28-21(26)18-13-25(22(27)29-15-6-4-3-5-7-15)11-10-17-16-9-8-14(23)12-19(16)24-20(17)18/h3-9,12-13,24H,2,10-11H2,1H3. The van der Waals surface area contributed by atoms with E-state index in [1.807, 2.05) is 6.07 Å². The van der Waals surface area contributed by atoms with Gasteiger partial charge in [0.05, 0.1) is 17.9 Å². The second-order valence-corrected chi connectivity index (χ2v) is 6.56. The summed E-state index contributed by atoms with van der Waals surface area (Å²) in [4.78, 5) is 29.8. The SMILES string of the molecule is CCOC(=O)C1=CN(C(=O)Oc2ccccc2)CCc2c1[nH]c1cc(F)ccc21. The molecule has 2 heterocycles. The largest absolute Gasteiger partial charge is 0.462 e. The molecule has 3 aromatic rings. The van der Waals surface area contributed by atoms with E-state index < -0.39 is 12.1 Å². The van der Waals surface area contributed by atoms with Gasteiger partial charge >= 0.3 is 12.1 Å². The molecule has 0 saturated carbocycles. The Morgan fingerprint density at radius 3 is 2.72 bits per heavy atom.